The van der Waals surface area contributed by atoms with E-state index in [0.717, 1.165) is 18.9 Å². The molecule has 1 aliphatic rings. The van der Waals surface area contributed by atoms with Crippen molar-refractivity contribution < 1.29 is 26.2 Å². The maximum atomic E-state index is 5.76. The minimum absolute atomic E-state index is 0. The Bertz CT molecular complexity index is 309. The van der Waals surface area contributed by atoms with Crippen LogP contribution in [0, 0.1) is 0 Å². The second-order valence-electron chi connectivity index (χ2n) is 5.01. The molecule has 0 N–H and O–H groups in total. The molecular formula is C14H22BrNO. The second-order valence-corrected chi connectivity index (χ2v) is 5.01. The first kappa shape index (κ1) is 14.5. The molecule has 1 saturated heterocycles. The van der Waals surface area contributed by atoms with Crippen molar-refractivity contribution >= 4 is 0 Å². The van der Waals surface area contributed by atoms with Crippen LogP contribution in [0.2, 0.25) is 0 Å². The molecule has 2 nitrogen and oxygen atoms in total. The van der Waals surface area contributed by atoms with E-state index in [-0.39, 0.29) is 17.0 Å². The van der Waals surface area contributed by atoms with Gasteiger partial charge in [0.25, 0.3) is 0 Å². The number of rotatable bonds is 4. The number of likely N-dealkylation sites (N-methyl/N-ethyl adjacent to an activating group) is 1. The van der Waals surface area contributed by atoms with Gasteiger partial charge in [-0.1, -0.05) is 18.2 Å². The summed E-state index contributed by atoms with van der Waals surface area (Å²) in [6.45, 7) is 4.60. The molecule has 0 radical (unpaired) electrons. The molecule has 0 aliphatic carbocycles. The fourth-order valence-corrected chi connectivity index (χ4v) is 2.40. The second kappa shape index (κ2) is 7.02. The van der Waals surface area contributed by atoms with Crippen LogP contribution in [0.4, 0.5) is 0 Å². The van der Waals surface area contributed by atoms with Gasteiger partial charge in [-0.2, -0.15) is 0 Å². The summed E-state index contributed by atoms with van der Waals surface area (Å²) < 4.78 is 6.95. The molecule has 2 rings (SSSR count). The summed E-state index contributed by atoms with van der Waals surface area (Å²) in [5, 5.41) is 0. The summed E-state index contributed by atoms with van der Waals surface area (Å²) >= 11 is 0. The van der Waals surface area contributed by atoms with Gasteiger partial charge in [-0.15, -0.1) is 0 Å². The largest absolute Gasteiger partial charge is 1.00 e. The highest BCUT2D eigenvalue weighted by molar-refractivity contribution is 5.20. The zero-order valence-corrected chi connectivity index (χ0v) is 12.2. The van der Waals surface area contributed by atoms with E-state index in [0.29, 0.717) is 0 Å². The Morgan fingerprint density at radius 2 is 1.71 bits per heavy atom. The first-order valence-corrected chi connectivity index (χ1v) is 6.30. The van der Waals surface area contributed by atoms with Crippen molar-refractivity contribution in [2.75, 3.05) is 33.3 Å². The van der Waals surface area contributed by atoms with Crippen molar-refractivity contribution in [3.8, 4) is 5.75 Å². The standard InChI is InChI=1S/C14H22NO.BrH/c1-15(10-6-3-7-11-15)12-13-16-14-8-4-2-5-9-14;/h2,4-5,8-9H,3,6-7,10-13H2,1H3;1H/q+1;/p-1. The first-order chi connectivity index (χ1) is 7.79. The molecule has 1 aromatic carbocycles. The Balaban J connectivity index is 0.00000144. The molecule has 0 bridgehead atoms. The van der Waals surface area contributed by atoms with Crippen LogP contribution in [0.1, 0.15) is 19.3 Å². The van der Waals surface area contributed by atoms with E-state index in [4.69, 9.17) is 4.74 Å². The molecule has 0 amide bonds. The molecule has 0 saturated carbocycles. The Labute approximate surface area is 115 Å². The third kappa shape index (κ3) is 4.68. The number of nitrogens with zero attached hydrogens (tertiary/aromatic N) is 1. The molecule has 17 heavy (non-hydrogen) atoms. The summed E-state index contributed by atoms with van der Waals surface area (Å²) in [7, 11) is 2.35. The minimum Gasteiger partial charge on any atom is -1.00 e. The van der Waals surface area contributed by atoms with E-state index in [1.54, 1.807) is 0 Å². The van der Waals surface area contributed by atoms with E-state index in [1.807, 2.05) is 30.3 Å². The molecule has 1 heterocycles. The third-order valence-electron chi connectivity index (χ3n) is 3.54. The van der Waals surface area contributed by atoms with Crippen LogP contribution in [0.25, 0.3) is 0 Å². The van der Waals surface area contributed by atoms with Crippen molar-refractivity contribution in [1.29, 1.82) is 0 Å². The quantitative estimate of drug-likeness (QED) is 0.694. The minimum atomic E-state index is 0. The number of ether oxygens (including phenoxy) is 1. The van der Waals surface area contributed by atoms with Gasteiger partial charge in [0.05, 0.1) is 20.1 Å². The van der Waals surface area contributed by atoms with Crippen LogP contribution in [0.15, 0.2) is 30.3 Å². The Kier molecular flexibility index (Phi) is 6.00. The fourth-order valence-electron chi connectivity index (χ4n) is 2.40. The Hall–Kier alpha value is -0.540. The first-order valence-electron chi connectivity index (χ1n) is 6.30. The highest BCUT2D eigenvalue weighted by atomic mass is 79.9. The lowest BCUT2D eigenvalue weighted by Gasteiger charge is -2.37. The lowest BCUT2D eigenvalue weighted by molar-refractivity contribution is -0.914. The van der Waals surface area contributed by atoms with Gasteiger partial charge < -0.3 is 26.2 Å². The topological polar surface area (TPSA) is 9.23 Å². The molecule has 0 unspecified atom stereocenters. The maximum Gasteiger partial charge on any atom is 0.137 e. The van der Waals surface area contributed by atoms with Crippen molar-refractivity contribution in [1.82, 2.24) is 0 Å². The van der Waals surface area contributed by atoms with Gasteiger partial charge in [0.2, 0.25) is 0 Å². The smallest absolute Gasteiger partial charge is 0.137 e. The van der Waals surface area contributed by atoms with E-state index >= 15 is 0 Å². The predicted octanol–water partition coefficient (Wildman–Crippen LogP) is -0.300. The number of hydrogen-bond donors (Lipinski definition) is 0. The zero-order valence-electron chi connectivity index (χ0n) is 10.6. The SMILES string of the molecule is C[N+]1(CCOc2ccccc2)CCCCC1.[Br-]. The zero-order chi connectivity index (χ0) is 11.3. The van der Waals surface area contributed by atoms with Crippen molar-refractivity contribution in [2.24, 2.45) is 0 Å². The van der Waals surface area contributed by atoms with Gasteiger partial charge in [-0.05, 0) is 31.4 Å². The van der Waals surface area contributed by atoms with Gasteiger partial charge in [-0.3, -0.25) is 0 Å². The Morgan fingerprint density at radius 1 is 1.06 bits per heavy atom. The van der Waals surface area contributed by atoms with E-state index in [2.05, 4.69) is 7.05 Å². The molecule has 1 fully saturated rings. The number of benzene rings is 1. The number of likely N-dealkylation sites (tertiary alicyclic amines) is 1. The van der Waals surface area contributed by atoms with Gasteiger partial charge >= 0.3 is 0 Å². The molecule has 0 aromatic heterocycles. The van der Waals surface area contributed by atoms with Gasteiger partial charge in [-0.25, -0.2) is 0 Å². The maximum absolute atomic E-state index is 5.76. The third-order valence-corrected chi connectivity index (χ3v) is 3.54. The van der Waals surface area contributed by atoms with E-state index in [1.165, 1.54) is 36.8 Å². The highest BCUT2D eigenvalue weighted by Crippen LogP contribution is 2.16. The molecule has 96 valence electrons. The summed E-state index contributed by atoms with van der Waals surface area (Å²) in [6, 6.07) is 10.1. The van der Waals surface area contributed by atoms with E-state index in [9.17, 15) is 0 Å². The molecule has 3 heteroatoms. The number of halogens is 1. The molecule has 0 atom stereocenters. The van der Waals surface area contributed by atoms with Gasteiger partial charge in [0.15, 0.2) is 0 Å². The summed E-state index contributed by atoms with van der Waals surface area (Å²) in [5.41, 5.74) is 0. The number of hydrogen-bond acceptors (Lipinski definition) is 1. The van der Waals surface area contributed by atoms with Gasteiger partial charge in [0.1, 0.15) is 18.9 Å². The molecule has 0 spiro atoms. The van der Waals surface area contributed by atoms with Crippen LogP contribution < -0.4 is 21.7 Å². The molecule has 1 aliphatic heterocycles. The van der Waals surface area contributed by atoms with Crippen LogP contribution >= 0.6 is 0 Å². The van der Waals surface area contributed by atoms with Crippen LogP contribution in [-0.4, -0.2) is 37.8 Å². The van der Waals surface area contributed by atoms with Crippen LogP contribution in [0.3, 0.4) is 0 Å². The summed E-state index contributed by atoms with van der Waals surface area (Å²) in [6.07, 6.45) is 4.16. The lowest BCUT2D eigenvalue weighted by Crippen LogP contribution is -3.00. The summed E-state index contributed by atoms with van der Waals surface area (Å²) in [4.78, 5) is 0. The average molecular weight is 300 g/mol. The van der Waals surface area contributed by atoms with Crippen LogP contribution in [-0.2, 0) is 0 Å². The average Bonchev–Trinajstić information content (AvgIpc) is 2.31. The van der Waals surface area contributed by atoms with Crippen molar-refractivity contribution in [3.63, 3.8) is 0 Å². The number of piperidine rings is 1. The Morgan fingerprint density at radius 3 is 2.35 bits per heavy atom. The fraction of sp³-hybridized carbons (Fsp3) is 0.571. The molecule has 1 aromatic rings. The van der Waals surface area contributed by atoms with E-state index < -0.39 is 0 Å². The van der Waals surface area contributed by atoms with Crippen molar-refractivity contribution in [3.05, 3.63) is 30.3 Å². The molecular weight excluding hydrogens is 278 g/mol. The van der Waals surface area contributed by atoms with Crippen molar-refractivity contribution in [2.45, 2.75) is 19.3 Å². The normalized spacial score (nSPS) is 18.2. The number of quaternary nitrogens is 1. The monoisotopic (exact) mass is 299 g/mol. The van der Waals surface area contributed by atoms with Gasteiger partial charge in [0, 0.05) is 0 Å². The predicted molar refractivity (Wildman–Crippen MR) is 66.6 cm³/mol. The number of para-hydroxylation sites is 1. The lowest BCUT2D eigenvalue weighted by atomic mass is 10.1. The highest BCUT2D eigenvalue weighted by Gasteiger charge is 2.24. The summed E-state index contributed by atoms with van der Waals surface area (Å²) in [5.74, 6) is 0.992. The van der Waals surface area contributed by atoms with Crippen LogP contribution in [0.5, 0.6) is 5.75 Å².